The van der Waals surface area contributed by atoms with E-state index >= 15 is 0 Å². The highest BCUT2D eigenvalue weighted by Gasteiger charge is 2.11. The van der Waals surface area contributed by atoms with Crippen LogP contribution in [0, 0.1) is 12.7 Å². The lowest BCUT2D eigenvalue weighted by molar-refractivity contribution is 0.169. The molecule has 0 fully saturated rings. The van der Waals surface area contributed by atoms with Crippen molar-refractivity contribution in [1.29, 1.82) is 0 Å². The Labute approximate surface area is 112 Å². The third-order valence-electron chi connectivity index (χ3n) is 3.05. The van der Waals surface area contributed by atoms with Crippen LogP contribution in [0.1, 0.15) is 22.8 Å². The number of benzene rings is 1. The number of nitrogens with zero attached hydrogens (tertiary/aromatic N) is 1. The maximum Gasteiger partial charge on any atom is 0.129 e. The minimum Gasteiger partial charge on any atom is -0.387 e. The van der Waals surface area contributed by atoms with E-state index in [9.17, 15) is 9.50 Å². The van der Waals surface area contributed by atoms with Gasteiger partial charge in [-0.25, -0.2) is 4.39 Å². The third-order valence-corrected chi connectivity index (χ3v) is 3.05. The van der Waals surface area contributed by atoms with Crippen LogP contribution in [0.25, 0.3) is 0 Å². The van der Waals surface area contributed by atoms with E-state index in [2.05, 4.69) is 10.3 Å². The molecule has 2 rings (SSSR count). The largest absolute Gasteiger partial charge is 0.387 e. The van der Waals surface area contributed by atoms with Gasteiger partial charge in [-0.2, -0.15) is 0 Å². The molecular weight excluding hydrogens is 243 g/mol. The predicted octanol–water partition coefficient (Wildman–Crippen LogP) is 2.35. The second-order valence-electron chi connectivity index (χ2n) is 4.47. The maximum atomic E-state index is 13.5. The highest BCUT2D eigenvalue weighted by Crippen LogP contribution is 2.15. The minimum atomic E-state index is -0.844. The lowest BCUT2D eigenvalue weighted by atomic mass is 10.1. The SMILES string of the molecule is Cc1cnccc1CNCC(O)c1ccccc1F. The number of aryl methyl sites for hydroxylation is 1. The van der Waals surface area contributed by atoms with Crippen LogP contribution in [0.3, 0.4) is 0 Å². The number of hydrogen-bond donors (Lipinski definition) is 2. The van der Waals surface area contributed by atoms with E-state index in [4.69, 9.17) is 0 Å². The van der Waals surface area contributed by atoms with E-state index in [0.717, 1.165) is 11.1 Å². The van der Waals surface area contributed by atoms with Crippen LogP contribution in [-0.4, -0.2) is 16.6 Å². The van der Waals surface area contributed by atoms with E-state index in [1.807, 2.05) is 13.0 Å². The smallest absolute Gasteiger partial charge is 0.129 e. The Morgan fingerprint density at radius 1 is 1.32 bits per heavy atom. The van der Waals surface area contributed by atoms with Crippen molar-refractivity contribution in [3.05, 3.63) is 65.2 Å². The van der Waals surface area contributed by atoms with Gasteiger partial charge in [0, 0.05) is 31.0 Å². The zero-order chi connectivity index (χ0) is 13.7. The Bertz CT molecular complexity index is 545. The van der Waals surface area contributed by atoms with Crippen molar-refractivity contribution < 1.29 is 9.50 Å². The second kappa shape index (κ2) is 6.41. The zero-order valence-corrected chi connectivity index (χ0v) is 10.8. The summed E-state index contributed by atoms with van der Waals surface area (Å²) in [5, 5.41) is 13.1. The molecule has 0 bridgehead atoms. The van der Waals surface area contributed by atoms with Crippen molar-refractivity contribution in [2.24, 2.45) is 0 Å². The van der Waals surface area contributed by atoms with Crippen molar-refractivity contribution in [2.75, 3.05) is 6.54 Å². The summed E-state index contributed by atoms with van der Waals surface area (Å²) >= 11 is 0. The fraction of sp³-hybridized carbons (Fsp3) is 0.267. The van der Waals surface area contributed by atoms with Crippen molar-refractivity contribution in [2.45, 2.75) is 19.6 Å². The van der Waals surface area contributed by atoms with Gasteiger partial charge in [-0.05, 0) is 30.2 Å². The van der Waals surface area contributed by atoms with Gasteiger partial charge >= 0.3 is 0 Å². The first-order valence-corrected chi connectivity index (χ1v) is 6.21. The molecular formula is C15H17FN2O. The number of halogens is 1. The van der Waals surface area contributed by atoms with Gasteiger partial charge in [0.2, 0.25) is 0 Å². The molecule has 4 heteroatoms. The Kier molecular flexibility index (Phi) is 4.60. The number of aromatic nitrogens is 1. The summed E-state index contributed by atoms with van der Waals surface area (Å²) in [5.74, 6) is -0.378. The summed E-state index contributed by atoms with van der Waals surface area (Å²) in [6, 6.07) is 8.21. The molecule has 0 aliphatic heterocycles. The van der Waals surface area contributed by atoms with Crippen LogP contribution in [0.2, 0.25) is 0 Å². The molecule has 0 radical (unpaired) electrons. The summed E-state index contributed by atoms with van der Waals surface area (Å²) in [5.41, 5.74) is 2.53. The van der Waals surface area contributed by atoms with E-state index in [1.54, 1.807) is 30.6 Å². The highest BCUT2D eigenvalue weighted by molar-refractivity contribution is 5.22. The molecule has 3 nitrogen and oxygen atoms in total. The normalized spacial score (nSPS) is 12.4. The first-order valence-electron chi connectivity index (χ1n) is 6.21. The Hall–Kier alpha value is -1.78. The first kappa shape index (κ1) is 13.6. The number of nitrogens with one attached hydrogen (secondary N) is 1. The van der Waals surface area contributed by atoms with Gasteiger partial charge in [-0.3, -0.25) is 4.98 Å². The van der Waals surface area contributed by atoms with Crippen LogP contribution >= 0.6 is 0 Å². The molecule has 0 saturated heterocycles. The van der Waals surface area contributed by atoms with Crippen LogP contribution in [-0.2, 0) is 6.54 Å². The van der Waals surface area contributed by atoms with Crippen LogP contribution in [0.15, 0.2) is 42.7 Å². The van der Waals surface area contributed by atoms with Gasteiger partial charge in [0.15, 0.2) is 0 Å². The van der Waals surface area contributed by atoms with Gasteiger partial charge in [-0.15, -0.1) is 0 Å². The number of rotatable bonds is 5. The van der Waals surface area contributed by atoms with Crippen LogP contribution in [0.5, 0.6) is 0 Å². The monoisotopic (exact) mass is 260 g/mol. The van der Waals surface area contributed by atoms with E-state index in [-0.39, 0.29) is 5.82 Å². The molecule has 0 amide bonds. The molecule has 100 valence electrons. The molecule has 2 N–H and O–H groups in total. The van der Waals surface area contributed by atoms with Crippen LogP contribution in [0.4, 0.5) is 4.39 Å². The fourth-order valence-corrected chi connectivity index (χ4v) is 1.90. The lowest BCUT2D eigenvalue weighted by Crippen LogP contribution is -2.22. The van der Waals surface area contributed by atoms with Gasteiger partial charge in [-0.1, -0.05) is 18.2 Å². The first-order chi connectivity index (χ1) is 9.18. The lowest BCUT2D eigenvalue weighted by Gasteiger charge is -2.13. The summed E-state index contributed by atoms with van der Waals surface area (Å²) in [6.45, 7) is 2.92. The van der Waals surface area contributed by atoms with Crippen LogP contribution < -0.4 is 5.32 Å². The van der Waals surface area contributed by atoms with Crippen molar-refractivity contribution >= 4 is 0 Å². The summed E-state index contributed by atoms with van der Waals surface area (Å²) < 4.78 is 13.5. The Morgan fingerprint density at radius 3 is 2.84 bits per heavy atom. The summed E-state index contributed by atoms with van der Waals surface area (Å²) in [4.78, 5) is 4.02. The average molecular weight is 260 g/mol. The van der Waals surface area contributed by atoms with Crippen molar-refractivity contribution in [1.82, 2.24) is 10.3 Å². The number of hydrogen-bond acceptors (Lipinski definition) is 3. The molecule has 1 aromatic heterocycles. The Balaban J connectivity index is 1.90. The van der Waals surface area contributed by atoms with Gasteiger partial charge in [0.25, 0.3) is 0 Å². The van der Waals surface area contributed by atoms with Gasteiger partial charge in [0.05, 0.1) is 6.10 Å². The van der Waals surface area contributed by atoms with E-state index in [1.165, 1.54) is 6.07 Å². The quantitative estimate of drug-likeness (QED) is 0.867. The van der Waals surface area contributed by atoms with Crippen molar-refractivity contribution in [3.63, 3.8) is 0 Å². The Morgan fingerprint density at radius 2 is 2.11 bits per heavy atom. The molecule has 2 aromatic rings. The number of aliphatic hydroxyl groups is 1. The van der Waals surface area contributed by atoms with E-state index in [0.29, 0.717) is 18.7 Å². The topological polar surface area (TPSA) is 45.2 Å². The molecule has 1 aromatic carbocycles. The molecule has 0 aliphatic rings. The second-order valence-corrected chi connectivity index (χ2v) is 4.47. The summed E-state index contributed by atoms with van der Waals surface area (Å²) in [6.07, 6.45) is 2.69. The highest BCUT2D eigenvalue weighted by atomic mass is 19.1. The molecule has 0 saturated carbocycles. The fourth-order valence-electron chi connectivity index (χ4n) is 1.90. The van der Waals surface area contributed by atoms with E-state index < -0.39 is 6.10 Å². The summed E-state index contributed by atoms with van der Waals surface area (Å²) in [7, 11) is 0. The zero-order valence-electron chi connectivity index (χ0n) is 10.8. The predicted molar refractivity (Wildman–Crippen MR) is 72.0 cm³/mol. The number of aliphatic hydroxyl groups excluding tert-OH is 1. The molecule has 1 heterocycles. The third kappa shape index (κ3) is 3.59. The maximum absolute atomic E-state index is 13.5. The molecule has 1 atom stereocenters. The molecule has 0 aliphatic carbocycles. The van der Waals surface area contributed by atoms with Gasteiger partial charge < -0.3 is 10.4 Å². The standard InChI is InChI=1S/C15H17FN2O/c1-11-8-17-7-6-12(11)9-18-10-15(19)13-4-2-3-5-14(13)16/h2-8,15,18-19H,9-10H2,1H3. The molecule has 0 spiro atoms. The molecule has 19 heavy (non-hydrogen) atoms. The minimum absolute atomic E-state index is 0.308. The number of pyridine rings is 1. The molecule has 1 unspecified atom stereocenters. The van der Waals surface area contributed by atoms with Gasteiger partial charge in [0.1, 0.15) is 5.82 Å². The average Bonchev–Trinajstić information content (AvgIpc) is 2.41. The van der Waals surface area contributed by atoms with Crippen molar-refractivity contribution in [3.8, 4) is 0 Å².